The quantitative estimate of drug-likeness (QED) is 0.478. The Hall–Kier alpha value is -1.86. The maximum Gasteiger partial charge on any atom is 0.328 e. The summed E-state index contributed by atoms with van der Waals surface area (Å²) in [5.74, 6) is -0.0465. The van der Waals surface area contributed by atoms with Gasteiger partial charge in [-0.15, -0.1) is 0 Å². The number of ether oxygens (including phenoxy) is 2. The second-order valence-electron chi connectivity index (χ2n) is 4.52. The predicted octanol–water partition coefficient (Wildman–Crippen LogP) is 2.46. The average molecular weight is 337 g/mol. The average Bonchev–Trinajstić information content (AvgIpc) is 2.80. The van der Waals surface area contributed by atoms with E-state index in [4.69, 9.17) is 17.0 Å². The fourth-order valence-electron chi connectivity index (χ4n) is 1.94. The standard InChI is InChI=1S/C15H15NO4S2/c1-9(14(18)20-3)16-13(17)12(22-15(16)21)8-10-4-6-11(19-2)7-5-10/h4-9H,1-3H3/b12-8+/t9-/m0/s1. The van der Waals surface area contributed by atoms with E-state index in [1.54, 1.807) is 20.1 Å². The summed E-state index contributed by atoms with van der Waals surface area (Å²) < 4.78 is 10.1. The van der Waals surface area contributed by atoms with Crippen molar-refractivity contribution in [3.05, 3.63) is 34.7 Å². The summed E-state index contributed by atoms with van der Waals surface area (Å²) in [6, 6.07) is 6.57. The molecule has 0 radical (unpaired) electrons. The molecule has 1 heterocycles. The Bertz CT molecular complexity index is 639. The molecule has 0 bridgehead atoms. The van der Waals surface area contributed by atoms with Gasteiger partial charge in [0.1, 0.15) is 16.1 Å². The first kappa shape index (κ1) is 16.5. The van der Waals surface area contributed by atoms with Gasteiger partial charge in [-0.2, -0.15) is 0 Å². The highest BCUT2D eigenvalue weighted by Gasteiger charge is 2.38. The van der Waals surface area contributed by atoms with Gasteiger partial charge in [0.15, 0.2) is 0 Å². The molecule has 1 aromatic carbocycles. The number of hydrogen-bond acceptors (Lipinski definition) is 6. The van der Waals surface area contributed by atoms with Crippen molar-refractivity contribution in [2.45, 2.75) is 13.0 Å². The number of carbonyl (C=O) groups excluding carboxylic acids is 2. The molecule has 1 amide bonds. The Labute approximate surface area is 138 Å². The summed E-state index contributed by atoms with van der Waals surface area (Å²) in [7, 11) is 2.87. The first-order valence-corrected chi connectivity index (χ1v) is 7.69. The normalized spacial score (nSPS) is 17.8. The Morgan fingerprint density at radius 2 is 1.95 bits per heavy atom. The van der Waals surface area contributed by atoms with E-state index in [2.05, 4.69) is 4.74 Å². The van der Waals surface area contributed by atoms with Gasteiger partial charge in [-0.1, -0.05) is 36.1 Å². The van der Waals surface area contributed by atoms with Crippen molar-refractivity contribution in [1.29, 1.82) is 0 Å². The number of carbonyl (C=O) groups is 2. The minimum atomic E-state index is -0.737. The summed E-state index contributed by atoms with van der Waals surface area (Å²) >= 11 is 6.37. The van der Waals surface area contributed by atoms with Gasteiger partial charge < -0.3 is 9.47 Å². The molecular weight excluding hydrogens is 322 g/mol. The van der Waals surface area contributed by atoms with Gasteiger partial charge >= 0.3 is 5.97 Å². The molecule has 7 heteroatoms. The van der Waals surface area contributed by atoms with E-state index in [1.165, 1.54) is 23.8 Å². The summed E-state index contributed by atoms with van der Waals surface area (Å²) in [6.45, 7) is 1.59. The van der Waals surface area contributed by atoms with Crippen LogP contribution in [0.4, 0.5) is 0 Å². The summed E-state index contributed by atoms with van der Waals surface area (Å²) in [4.78, 5) is 25.8. The van der Waals surface area contributed by atoms with Gasteiger partial charge in [-0.25, -0.2) is 4.79 Å². The van der Waals surface area contributed by atoms with Crippen molar-refractivity contribution in [1.82, 2.24) is 4.90 Å². The van der Waals surface area contributed by atoms with E-state index in [1.807, 2.05) is 24.3 Å². The third-order valence-electron chi connectivity index (χ3n) is 3.17. The van der Waals surface area contributed by atoms with E-state index in [-0.39, 0.29) is 5.91 Å². The molecule has 1 atom stereocenters. The van der Waals surface area contributed by atoms with Crippen LogP contribution in [0.25, 0.3) is 6.08 Å². The molecule has 0 spiro atoms. The molecule has 0 N–H and O–H groups in total. The van der Waals surface area contributed by atoms with Gasteiger partial charge in [-0.05, 0) is 30.7 Å². The number of methoxy groups -OCH3 is 2. The number of esters is 1. The molecule has 5 nitrogen and oxygen atoms in total. The summed E-state index contributed by atoms with van der Waals surface area (Å²) in [5, 5.41) is 0. The third kappa shape index (κ3) is 3.31. The van der Waals surface area contributed by atoms with Crippen molar-refractivity contribution in [3.8, 4) is 5.75 Å². The van der Waals surface area contributed by atoms with Crippen LogP contribution in [0.2, 0.25) is 0 Å². The van der Waals surface area contributed by atoms with Crippen LogP contribution in [0, 0.1) is 0 Å². The molecule has 0 saturated carbocycles. The number of thioether (sulfide) groups is 1. The molecule has 0 unspecified atom stereocenters. The van der Waals surface area contributed by atoms with Crippen LogP contribution >= 0.6 is 24.0 Å². The van der Waals surface area contributed by atoms with Crippen molar-refractivity contribution < 1.29 is 19.1 Å². The second-order valence-corrected chi connectivity index (χ2v) is 6.20. The fourth-order valence-corrected chi connectivity index (χ4v) is 3.36. The van der Waals surface area contributed by atoms with Crippen LogP contribution in [0.15, 0.2) is 29.2 Å². The van der Waals surface area contributed by atoms with Gasteiger partial charge in [0.25, 0.3) is 5.91 Å². The SMILES string of the molecule is COC(=O)[C@H](C)N1C(=O)/C(=C\c2ccc(OC)cc2)SC1=S. The van der Waals surface area contributed by atoms with E-state index < -0.39 is 12.0 Å². The first-order valence-electron chi connectivity index (χ1n) is 6.47. The zero-order valence-electron chi connectivity index (χ0n) is 12.4. The monoisotopic (exact) mass is 337 g/mol. The van der Waals surface area contributed by atoms with Crippen LogP contribution in [0.3, 0.4) is 0 Å². The van der Waals surface area contributed by atoms with E-state index in [0.717, 1.165) is 11.3 Å². The van der Waals surface area contributed by atoms with Crippen LogP contribution in [-0.2, 0) is 14.3 Å². The first-order chi connectivity index (χ1) is 10.5. The number of benzene rings is 1. The van der Waals surface area contributed by atoms with E-state index >= 15 is 0 Å². The van der Waals surface area contributed by atoms with Crippen LogP contribution in [0.1, 0.15) is 12.5 Å². The highest BCUT2D eigenvalue weighted by Crippen LogP contribution is 2.34. The van der Waals surface area contributed by atoms with E-state index in [9.17, 15) is 9.59 Å². The zero-order valence-corrected chi connectivity index (χ0v) is 14.0. The Morgan fingerprint density at radius 3 is 2.50 bits per heavy atom. The lowest BCUT2D eigenvalue weighted by molar-refractivity contribution is -0.147. The Balaban J connectivity index is 2.23. The molecule has 1 fully saturated rings. The van der Waals surface area contributed by atoms with Crippen LogP contribution < -0.4 is 4.74 Å². The molecule has 2 rings (SSSR count). The van der Waals surface area contributed by atoms with Crippen LogP contribution in [-0.4, -0.2) is 41.4 Å². The zero-order chi connectivity index (χ0) is 16.3. The summed E-state index contributed by atoms with van der Waals surface area (Å²) in [6.07, 6.45) is 1.74. The Kier molecular flexibility index (Phi) is 5.20. The highest BCUT2D eigenvalue weighted by molar-refractivity contribution is 8.26. The molecule has 0 aromatic heterocycles. The van der Waals surface area contributed by atoms with Crippen molar-refractivity contribution in [2.24, 2.45) is 0 Å². The third-order valence-corrected chi connectivity index (χ3v) is 4.50. The smallest absolute Gasteiger partial charge is 0.328 e. The molecule has 1 aliphatic rings. The lowest BCUT2D eigenvalue weighted by Crippen LogP contribution is -2.42. The fraction of sp³-hybridized carbons (Fsp3) is 0.267. The molecule has 1 saturated heterocycles. The minimum Gasteiger partial charge on any atom is -0.497 e. The second kappa shape index (κ2) is 6.93. The van der Waals surface area contributed by atoms with Crippen LogP contribution in [0.5, 0.6) is 5.75 Å². The lowest BCUT2D eigenvalue weighted by Gasteiger charge is -2.20. The molecule has 22 heavy (non-hydrogen) atoms. The number of rotatable bonds is 4. The van der Waals surface area contributed by atoms with Gasteiger partial charge in [-0.3, -0.25) is 9.69 Å². The molecule has 1 aliphatic heterocycles. The van der Waals surface area contributed by atoms with Crippen molar-refractivity contribution >= 4 is 46.3 Å². The molecular formula is C15H15NO4S2. The van der Waals surface area contributed by atoms with Crippen molar-refractivity contribution in [3.63, 3.8) is 0 Å². The van der Waals surface area contributed by atoms with Gasteiger partial charge in [0, 0.05) is 0 Å². The lowest BCUT2D eigenvalue weighted by atomic mass is 10.2. The topological polar surface area (TPSA) is 55.8 Å². The number of hydrogen-bond donors (Lipinski definition) is 0. The van der Waals surface area contributed by atoms with Gasteiger partial charge in [0.2, 0.25) is 0 Å². The van der Waals surface area contributed by atoms with Crippen molar-refractivity contribution in [2.75, 3.05) is 14.2 Å². The maximum absolute atomic E-state index is 12.4. The van der Waals surface area contributed by atoms with Gasteiger partial charge in [0.05, 0.1) is 19.1 Å². The van der Waals surface area contributed by atoms with E-state index in [0.29, 0.717) is 9.23 Å². The molecule has 0 aliphatic carbocycles. The number of amides is 1. The number of thiocarbonyl (C=S) groups is 1. The maximum atomic E-state index is 12.4. The number of nitrogens with zero attached hydrogens (tertiary/aromatic N) is 1. The Morgan fingerprint density at radius 1 is 1.32 bits per heavy atom. The minimum absolute atomic E-state index is 0.288. The largest absolute Gasteiger partial charge is 0.497 e. The molecule has 116 valence electrons. The molecule has 1 aromatic rings. The predicted molar refractivity (Wildman–Crippen MR) is 89.5 cm³/mol. The highest BCUT2D eigenvalue weighted by atomic mass is 32.2. The summed E-state index contributed by atoms with van der Waals surface area (Å²) in [5.41, 5.74) is 0.854.